The van der Waals surface area contributed by atoms with Crippen LogP contribution in [0.4, 0.5) is 0 Å². The highest BCUT2D eigenvalue weighted by Crippen LogP contribution is 2.30. The van der Waals surface area contributed by atoms with Crippen LogP contribution in [0.1, 0.15) is 12.5 Å². The molecule has 1 aliphatic heterocycles. The highest BCUT2D eigenvalue weighted by molar-refractivity contribution is 5.79. The maximum Gasteiger partial charge on any atom is 0.227 e. The summed E-state index contributed by atoms with van der Waals surface area (Å²) in [5, 5.41) is 0. The average Bonchev–Trinajstić information content (AvgIpc) is 2.47. The van der Waals surface area contributed by atoms with E-state index < -0.39 is 0 Å². The third-order valence-corrected chi connectivity index (χ3v) is 3.51. The van der Waals surface area contributed by atoms with Crippen molar-refractivity contribution in [2.45, 2.75) is 13.3 Å². The third-order valence-electron chi connectivity index (χ3n) is 3.51. The molecule has 5 nitrogen and oxygen atoms in total. The van der Waals surface area contributed by atoms with Crippen LogP contribution in [0.5, 0.6) is 11.5 Å². The van der Waals surface area contributed by atoms with Crippen LogP contribution in [0, 0.1) is 0 Å². The number of fused-ring (bicyclic) bond motifs is 1. The molecule has 2 rings (SSSR count). The first-order valence-electron chi connectivity index (χ1n) is 7.41. The van der Waals surface area contributed by atoms with Crippen LogP contribution in [0.25, 0.3) is 0 Å². The average molecular weight is 292 g/mol. The van der Waals surface area contributed by atoms with Crippen molar-refractivity contribution >= 4 is 5.91 Å². The van der Waals surface area contributed by atoms with Gasteiger partial charge in [0.05, 0.1) is 6.42 Å². The van der Waals surface area contributed by atoms with Gasteiger partial charge >= 0.3 is 0 Å². The Hall–Kier alpha value is -1.75. The molecule has 0 spiro atoms. The molecule has 0 fully saturated rings. The summed E-state index contributed by atoms with van der Waals surface area (Å²) in [6.07, 6.45) is 0.401. The van der Waals surface area contributed by atoms with Crippen molar-refractivity contribution in [3.63, 3.8) is 0 Å². The topological polar surface area (TPSA) is 42.0 Å². The quantitative estimate of drug-likeness (QED) is 0.795. The summed E-state index contributed by atoms with van der Waals surface area (Å²) in [5.74, 6) is 1.65. The van der Waals surface area contributed by atoms with Crippen LogP contribution in [0.15, 0.2) is 18.2 Å². The molecule has 0 saturated carbocycles. The van der Waals surface area contributed by atoms with Gasteiger partial charge in [-0.3, -0.25) is 4.79 Å². The largest absolute Gasteiger partial charge is 0.486 e. The maximum absolute atomic E-state index is 12.4. The second-order valence-corrected chi connectivity index (χ2v) is 5.43. The summed E-state index contributed by atoms with van der Waals surface area (Å²) in [6, 6.07) is 5.73. The first-order valence-corrected chi connectivity index (χ1v) is 7.41. The fourth-order valence-electron chi connectivity index (χ4n) is 2.26. The maximum atomic E-state index is 12.4. The number of carbonyl (C=O) groups is 1. The number of ether oxygens (including phenoxy) is 2. The summed E-state index contributed by atoms with van der Waals surface area (Å²) >= 11 is 0. The molecule has 116 valence electrons. The predicted molar refractivity (Wildman–Crippen MR) is 81.9 cm³/mol. The van der Waals surface area contributed by atoms with Crippen LogP contribution < -0.4 is 9.47 Å². The summed E-state index contributed by atoms with van der Waals surface area (Å²) in [7, 11) is 4.03. The first-order chi connectivity index (χ1) is 10.1. The highest BCUT2D eigenvalue weighted by Gasteiger charge is 2.16. The van der Waals surface area contributed by atoms with E-state index in [0.29, 0.717) is 19.6 Å². The van der Waals surface area contributed by atoms with Crippen molar-refractivity contribution in [1.29, 1.82) is 0 Å². The Bertz CT molecular complexity index is 488. The first kappa shape index (κ1) is 15.6. The number of amides is 1. The normalized spacial score (nSPS) is 13.3. The summed E-state index contributed by atoms with van der Waals surface area (Å²) in [4.78, 5) is 16.3. The van der Waals surface area contributed by atoms with Gasteiger partial charge in [-0.2, -0.15) is 0 Å². The molecular formula is C16H24N2O3. The molecule has 0 saturated heterocycles. The Morgan fingerprint density at radius 3 is 2.52 bits per heavy atom. The summed E-state index contributed by atoms with van der Waals surface area (Å²) in [5.41, 5.74) is 0.965. The molecule has 1 aromatic rings. The van der Waals surface area contributed by atoms with Crippen molar-refractivity contribution < 1.29 is 14.3 Å². The van der Waals surface area contributed by atoms with Gasteiger partial charge in [0, 0.05) is 19.6 Å². The van der Waals surface area contributed by atoms with E-state index in [1.54, 1.807) is 0 Å². The molecule has 0 aliphatic carbocycles. The lowest BCUT2D eigenvalue weighted by atomic mass is 10.1. The van der Waals surface area contributed by atoms with Gasteiger partial charge in [-0.15, -0.1) is 0 Å². The SMILES string of the molecule is CCN(CCN(C)C)C(=O)Cc1ccc2c(c1)OCCO2. The summed E-state index contributed by atoms with van der Waals surface area (Å²) in [6.45, 7) is 5.52. The van der Waals surface area contributed by atoms with Crippen molar-refractivity contribution in [2.75, 3.05) is 46.9 Å². The van der Waals surface area contributed by atoms with E-state index in [0.717, 1.165) is 36.7 Å². The number of rotatable bonds is 6. The number of benzene rings is 1. The van der Waals surface area contributed by atoms with Gasteiger partial charge in [-0.05, 0) is 38.7 Å². The molecule has 0 bridgehead atoms. The number of hydrogen-bond acceptors (Lipinski definition) is 4. The van der Waals surface area contributed by atoms with Gasteiger partial charge in [-0.25, -0.2) is 0 Å². The molecule has 0 unspecified atom stereocenters. The molecule has 1 aromatic carbocycles. The Labute approximate surface area is 126 Å². The van der Waals surface area contributed by atoms with E-state index >= 15 is 0 Å². The van der Waals surface area contributed by atoms with E-state index in [1.165, 1.54) is 0 Å². The lowest BCUT2D eigenvalue weighted by Crippen LogP contribution is -2.37. The molecule has 0 radical (unpaired) electrons. The van der Waals surface area contributed by atoms with Crippen molar-refractivity contribution in [2.24, 2.45) is 0 Å². The minimum Gasteiger partial charge on any atom is -0.486 e. The van der Waals surface area contributed by atoms with Gasteiger partial charge in [0.15, 0.2) is 11.5 Å². The van der Waals surface area contributed by atoms with E-state index in [4.69, 9.17) is 9.47 Å². The minimum atomic E-state index is 0.149. The van der Waals surface area contributed by atoms with Gasteiger partial charge < -0.3 is 19.3 Å². The lowest BCUT2D eigenvalue weighted by Gasteiger charge is -2.23. The molecular weight excluding hydrogens is 268 g/mol. The molecule has 1 aliphatic rings. The molecule has 1 heterocycles. The van der Waals surface area contributed by atoms with E-state index in [-0.39, 0.29) is 5.91 Å². The molecule has 0 aromatic heterocycles. The molecule has 0 atom stereocenters. The number of nitrogens with zero attached hydrogens (tertiary/aromatic N) is 2. The smallest absolute Gasteiger partial charge is 0.227 e. The van der Waals surface area contributed by atoms with Crippen LogP contribution in [-0.2, 0) is 11.2 Å². The number of hydrogen-bond donors (Lipinski definition) is 0. The Balaban J connectivity index is 1.97. The van der Waals surface area contributed by atoms with Crippen molar-refractivity contribution in [3.05, 3.63) is 23.8 Å². The Morgan fingerprint density at radius 2 is 1.86 bits per heavy atom. The lowest BCUT2D eigenvalue weighted by molar-refractivity contribution is -0.130. The second kappa shape index (κ2) is 7.31. The zero-order valence-electron chi connectivity index (χ0n) is 13.1. The van der Waals surface area contributed by atoms with Gasteiger partial charge in [0.2, 0.25) is 5.91 Å². The highest BCUT2D eigenvalue weighted by atomic mass is 16.6. The monoisotopic (exact) mass is 292 g/mol. The zero-order chi connectivity index (χ0) is 15.2. The van der Waals surface area contributed by atoms with Crippen LogP contribution in [0.2, 0.25) is 0 Å². The van der Waals surface area contributed by atoms with E-state index in [9.17, 15) is 4.79 Å². The number of carbonyl (C=O) groups excluding carboxylic acids is 1. The van der Waals surface area contributed by atoms with Crippen LogP contribution in [0.3, 0.4) is 0 Å². The van der Waals surface area contributed by atoms with Gasteiger partial charge in [0.1, 0.15) is 13.2 Å². The molecule has 1 amide bonds. The molecule has 5 heteroatoms. The molecule has 21 heavy (non-hydrogen) atoms. The van der Waals surface area contributed by atoms with Gasteiger partial charge in [-0.1, -0.05) is 6.07 Å². The van der Waals surface area contributed by atoms with Crippen molar-refractivity contribution in [1.82, 2.24) is 9.80 Å². The number of likely N-dealkylation sites (N-methyl/N-ethyl adjacent to an activating group) is 2. The Kier molecular flexibility index (Phi) is 5.44. The van der Waals surface area contributed by atoms with Crippen molar-refractivity contribution in [3.8, 4) is 11.5 Å². The second-order valence-electron chi connectivity index (χ2n) is 5.43. The standard InChI is InChI=1S/C16H24N2O3/c1-4-18(8-7-17(2)3)16(19)12-13-5-6-14-15(11-13)21-10-9-20-14/h5-6,11H,4,7-10,12H2,1-3H3. The zero-order valence-corrected chi connectivity index (χ0v) is 13.1. The van der Waals surface area contributed by atoms with Crippen LogP contribution in [-0.4, -0.2) is 62.7 Å². The van der Waals surface area contributed by atoms with E-state index in [2.05, 4.69) is 4.90 Å². The predicted octanol–water partition coefficient (Wildman–Crippen LogP) is 1.41. The fourth-order valence-corrected chi connectivity index (χ4v) is 2.26. The van der Waals surface area contributed by atoms with Crippen LogP contribution >= 0.6 is 0 Å². The van der Waals surface area contributed by atoms with Gasteiger partial charge in [0.25, 0.3) is 0 Å². The molecule has 0 N–H and O–H groups in total. The minimum absolute atomic E-state index is 0.149. The Morgan fingerprint density at radius 1 is 1.14 bits per heavy atom. The fraction of sp³-hybridized carbons (Fsp3) is 0.562. The summed E-state index contributed by atoms with van der Waals surface area (Å²) < 4.78 is 11.0. The third kappa shape index (κ3) is 4.36. The van der Waals surface area contributed by atoms with E-state index in [1.807, 2.05) is 44.1 Å².